The second-order valence-electron chi connectivity index (χ2n) is 5.48. The van der Waals surface area contributed by atoms with Gasteiger partial charge in [-0.15, -0.1) is 0 Å². The molecule has 0 unspecified atom stereocenters. The quantitative estimate of drug-likeness (QED) is 0.710. The van der Waals surface area contributed by atoms with Gasteiger partial charge in [0.05, 0.1) is 6.26 Å². The summed E-state index contributed by atoms with van der Waals surface area (Å²) in [6.45, 7) is 6.06. The zero-order chi connectivity index (χ0) is 12.9. The van der Waals surface area contributed by atoms with Crippen molar-refractivity contribution in [1.29, 1.82) is 0 Å². The van der Waals surface area contributed by atoms with Crippen LogP contribution in [0.1, 0.15) is 39.5 Å². The van der Waals surface area contributed by atoms with Crippen LogP contribution in [0.25, 0.3) is 0 Å². The Labute approximate surface area is 106 Å². The van der Waals surface area contributed by atoms with E-state index in [1.165, 1.54) is 25.5 Å². The average molecular weight is 262 g/mol. The van der Waals surface area contributed by atoms with Crippen molar-refractivity contribution in [2.24, 2.45) is 11.8 Å². The van der Waals surface area contributed by atoms with Gasteiger partial charge in [-0.25, -0.2) is 13.1 Å². The average Bonchev–Trinajstić information content (AvgIpc) is 2.18. The van der Waals surface area contributed by atoms with E-state index in [1.54, 1.807) is 0 Å². The molecule has 1 aliphatic carbocycles. The van der Waals surface area contributed by atoms with E-state index in [2.05, 4.69) is 23.9 Å². The van der Waals surface area contributed by atoms with Gasteiger partial charge in [-0.1, -0.05) is 13.8 Å². The van der Waals surface area contributed by atoms with Crippen molar-refractivity contribution in [3.63, 3.8) is 0 Å². The predicted molar refractivity (Wildman–Crippen MR) is 71.4 cm³/mol. The van der Waals surface area contributed by atoms with E-state index >= 15 is 0 Å². The predicted octanol–water partition coefficient (Wildman–Crippen LogP) is 1.34. The van der Waals surface area contributed by atoms with E-state index < -0.39 is 10.0 Å². The van der Waals surface area contributed by atoms with Gasteiger partial charge in [0, 0.05) is 12.6 Å². The number of hydrogen-bond donors (Lipinski definition) is 2. The third-order valence-electron chi connectivity index (χ3n) is 3.56. The lowest BCUT2D eigenvalue weighted by atomic mass is 9.80. The van der Waals surface area contributed by atoms with Crippen LogP contribution >= 0.6 is 0 Å². The van der Waals surface area contributed by atoms with E-state index in [4.69, 9.17) is 0 Å². The van der Waals surface area contributed by atoms with Gasteiger partial charge in [-0.3, -0.25) is 0 Å². The molecule has 17 heavy (non-hydrogen) atoms. The zero-order valence-corrected chi connectivity index (χ0v) is 12.0. The van der Waals surface area contributed by atoms with Crippen molar-refractivity contribution in [2.45, 2.75) is 45.6 Å². The van der Waals surface area contributed by atoms with Crippen LogP contribution in [0.15, 0.2) is 0 Å². The van der Waals surface area contributed by atoms with Gasteiger partial charge in [0.25, 0.3) is 0 Å². The first kappa shape index (κ1) is 14.9. The molecule has 0 aromatic rings. The Morgan fingerprint density at radius 3 is 2.47 bits per heavy atom. The molecule has 0 saturated heterocycles. The highest BCUT2D eigenvalue weighted by atomic mass is 32.2. The minimum atomic E-state index is -3.03. The van der Waals surface area contributed by atoms with Crippen LogP contribution in [0.3, 0.4) is 0 Å². The lowest BCUT2D eigenvalue weighted by molar-refractivity contribution is 0.228. The fourth-order valence-corrected chi connectivity index (χ4v) is 3.12. The molecular weight excluding hydrogens is 236 g/mol. The summed E-state index contributed by atoms with van der Waals surface area (Å²) in [4.78, 5) is 0. The van der Waals surface area contributed by atoms with Gasteiger partial charge in [-0.05, 0) is 44.1 Å². The van der Waals surface area contributed by atoms with Crippen LogP contribution in [-0.4, -0.2) is 33.8 Å². The fraction of sp³-hybridized carbons (Fsp3) is 1.00. The van der Waals surface area contributed by atoms with Gasteiger partial charge in [0.15, 0.2) is 0 Å². The second-order valence-corrected chi connectivity index (χ2v) is 7.31. The highest BCUT2D eigenvalue weighted by Gasteiger charge is 2.24. The number of hydrogen-bond acceptors (Lipinski definition) is 3. The molecule has 5 heteroatoms. The van der Waals surface area contributed by atoms with E-state index in [0.717, 1.165) is 24.8 Å². The van der Waals surface area contributed by atoms with Crippen LogP contribution in [0, 0.1) is 11.8 Å². The third kappa shape index (κ3) is 6.38. The monoisotopic (exact) mass is 262 g/mol. The summed E-state index contributed by atoms with van der Waals surface area (Å²) < 4.78 is 24.2. The summed E-state index contributed by atoms with van der Waals surface area (Å²) in [5.41, 5.74) is 0. The van der Waals surface area contributed by atoms with Gasteiger partial charge in [-0.2, -0.15) is 0 Å². The van der Waals surface area contributed by atoms with E-state index in [1.807, 2.05) is 0 Å². The van der Waals surface area contributed by atoms with Crippen molar-refractivity contribution in [3.05, 3.63) is 0 Å². The lowest BCUT2D eigenvalue weighted by Crippen LogP contribution is -2.40. The normalized spacial score (nSPS) is 30.4. The summed E-state index contributed by atoms with van der Waals surface area (Å²) >= 11 is 0. The summed E-state index contributed by atoms with van der Waals surface area (Å²) in [6, 6.07) is 0.615. The Hall–Kier alpha value is -0.130. The Morgan fingerprint density at radius 2 is 1.88 bits per heavy atom. The second kappa shape index (κ2) is 6.71. The maximum absolute atomic E-state index is 10.9. The summed E-state index contributed by atoms with van der Waals surface area (Å²) in [6.07, 6.45) is 5.92. The molecule has 1 saturated carbocycles. The molecule has 0 heterocycles. The summed E-state index contributed by atoms with van der Waals surface area (Å²) in [5, 5.41) is 3.54. The molecule has 0 spiro atoms. The van der Waals surface area contributed by atoms with Crippen LogP contribution in [0.5, 0.6) is 0 Å². The van der Waals surface area contributed by atoms with Crippen LogP contribution in [0.2, 0.25) is 0 Å². The van der Waals surface area contributed by atoms with Crippen molar-refractivity contribution in [3.8, 4) is 0 Å². The molecular formula is C12H26N2O2S. The minimum Gasteiger partial charge on any atom is -0.314 e. The zero-order valence-electron chi connectivity index (χ0n) is 11.2. The maximum Gasteiger partial charge on any atom is 0.208 e. The molecule has 1 aliphatic rings. The first-order valence-corrected chi connectivity index (χ1v) is 8.45. The molecule has 2 N–H and O–H groups in total. The number of nitrogens with one attached hydrogen (secondary N) is 2. The maximum atomic E-state index is 10.9. The van der Waals surface area contributed by atoms with E-state index in [-0.39, 0.29) is 0 Å². The number of rotatable bonds is 6. The first-order chi connectivity index (χ1) is 7.88. The van der Waals surface area contributed by atoms with Gasteiger partial charge >= 0.3 is 0 Å². The Bertz CT molecular complexity index is 316. The van der Waals surface area contributed by atoms with E-state index in [9.17, 15) is 8.42 Å². The summed E-state index contributed by atoms with van der Waals surface area (Å²) in [5.74, 6) is 1.59. The molecule has 3 atom stereocenters. The highest BCUT2D eigenvalue weighted by molar-refractivity contribution is 7.88. The molecule has 102 valence electrons. The van der Waals surface area contributed by atoms with Crippen LogP contribution in [0.4, 0.5) is 0 Å². The van der Waals surface area contributed by atoms with E-state index in [0.29, 0.717) is 12.6 Å². The third-order valence-corrected chi connectivity index (χ3v) is 4.28. The highest BCUT2D eigenvalue weighted by Crippen LogP contribution is 2.28. The SMILES string of the molecule is C[C@@H]1CC[C@H](NCCCNS(C)(=O)=O)[C@H](C)C1. The smallest absolute Gasteiger partial charge is 0.208 e. The van der Waals surface area contributed by atoms with Gasteiger partial charge in [0.1, 0.15) is 0 Å². The minimum absolute atomic E-state index is 0.531. The molecule has 0 amide bonds. The molecule has 0 radical (unpaired) electrons. The number of sulfonamides is 1. The van der Waals surface area contributed by atoms with Crippen molar-refractivity contribution >= 4 is 10.0 Å². The molecule has 0 bridgehead atoms. The lowest BCUT2D eigenvalue weighted by Gasteiger charge is -2.33. The Morgan fingerprint density at radius 1 is 1.18 bits per heavy atom. The Balaban J connectivity index is 2.10. The van der Waals surface area contributed by atoms with Gasteiger partial charge in [0.2, 0.25) is 10.0 Å². The molecule has 0 aromatic carbocycles. The topological polar surface area (TPSA) is 58.2 Å². The molecule has 0 aromatic heterocycles. The summed E-state index contributed by atoms with van der Waals surface area (Å²) in [7, 11) is -3.03. The Kier molecular flexibility index (Phi) is 5.89. The van der Waals surface area contributed by atoms with Crippen LogP contribution in [-0.2, 0) is 10.0 Å². The van der Waals surface area contributed by atoms with Gasteiger partial charge < -0.3 is 5.32 Å². The molecule has 1 fully saturated rings. The molecule has 4 nitrogen and oxygen atoms in total. The van der Waals surface area contributed by atoms with Crippen molar-refractivity contribution in [2.75, 3.05) is 19.3 Å². The fourth-order valence-electron chi connectivity index (χ4n) is 2.60. The van der Waals surface area contributed by atoms with Crippen molar-refractivity contribution < 1.29 is 8.42 Å². The standard InChI is InChI=1S/C12H26N2O2S/c1-10-5-6-12(11(2)9-10)13-7-4-8-14-17(3,15)16/h10-14H,4-9H2,1-3H3/t10-,11-,12+/m1/s1. The van der Waals surface area contributed by atoms with Crippen molar-refractivity contribution in [1.82, 2.24) is 10.0 Å². The van der Waals surface area contributed by atoms with Crippen LogP contribution < -0.4 is 10.0 Å². The largest absolute Gasteiger partial charge is 0.314 e. The first-order valence-electron chi connectivity index (χ1n) is 6.56. The molecule has 0 aliphatic heterocycles. The molecule has 1 rings (SSSR count).